The van der Waals surface area contributed by atoms with Gasteiger partial charge < -0.3 is 10.1 Å². The molecule has 3 aromatic rings. The molecule has 24 heavy (non-hydrogen) atoms. The van der Waals surface area contributed by atoms with Gasteiger partial charge in [0.05, 0.1) is 25.0 Å². The van der Waals surface area contributed by atoms with Crippen LogP contribution >= 0.6 is 0 Å². The van der Waals surface area contributed by atoms with Crippen LogP contribution in [0.4, 0.5) is 0 Å². The van der Waals surface area contributed by atoms with E-state index < -0.39 is 0 Å². The van der Waals surface area contributed by atoms with Gasteiger partial charge in [-0.2, -0.15) is 5.10 Å². The van der Waals surface area contributed by atoms with E-state index in [0.717, 1.165) is 11.3 Å². The fraction of sp³-hybridized carbons (Fsp3) is 0.158. The van der Waals surface area contributed by atoms with Gasteiger partial charge in [0, 0.05) is 0 Å². The first-order valence-corrected chi connectivity index (χ1v) is 7.74. The lowest BCUT2D eigenvalue weighted by Gasteiger charge is -2.13. The largest absolute Gasteiger partial charge is 0.493 e. The van der Waals surface area contributed by atoms with E-state index in [9.17, 15) is 4.79 Å². The number of ether oxygens (including phenoxy) is 1. The first-order chi connectivity index (χ1) is 11.7. The Morgan fingerprint density at radius 3 is 2.33 bits per heavy atom. The number of nitrogens with zero attached hydrogens (tertiary/aromatic N) is 2. The zero-order chi connectivity index (χ0) is 16.9. The van der Waals surface area contributed by atoms with Gasteiger partial charge in [-0.05, 0) is 24.6 Å². The second kappa shape index (κ2) is 7.00. The van der Waals surface area contributed by atoms with Crippen molar-refractivity contribution in [2.45, 2.75) is 13.0 Å². The van der Waals surface area contributed by atoms with Crippen LogP contribution in [0.2, 0.25) is 0 Å². The summed E-state index contributed by atoms with van der Waals surface area (Å²) < 4.78 is 6.95. The molecule has 3 rings (SSSR count). The van der Waals surface area contributed by atoms with Crippen LogP contribution in [-0.2, 0) is 0 Å². The summed E-state index contributed by atoms with van der Waals surface area (Å²) in [6.45, 7) is 1.94. The van der Waals surface area contributed by atoms with E-state index in [0.29, 0.717) is 5.75 Å². The Bertz CT molecular complexity index is 813. The van der Waals surface area contributed by atoms with E-state index in [4.69, 9.17) is 4.74 Å². The molecule has 0 bridgehead atoms. The SMILES string of the molecule is COc1cn(-c2ccccc2)nc1C(=O)N[C@H](C)c1ccccc1. The zero-order valence-corrected chi connectivity index (χ0v) is 13.6. The van der Waals surface area contributed by atoms with Gasteiger partial charge in [-0.15, -0.1) is 0 Å². The molecule has 0 saturated heterocycles. The number of methoxy groups -OCH3 is 1. The zero-order valence-electron chi connectivity index (χ0n) is 13.6. The van der Waals surface area contributed by atoms with Crippen LogP contribution in [0.3, 0.4) is 0 Å². The Kier molecular flexibility index (Phi) is 4.61. The Balaban J connectivity index is 1.83. The molecule has 5 nitrogen and oxygen atoms in total. The molecular formula is C19H19N3O2. The van der Waals surface area contributed by atoms with E-state index in [-0.39, 0.29) is 17.6 Å². The monoisotopic (exact) mass is 321 g/mol. The van der Waals surface area contributed by atoms with Crippen molar-refractivity contribution in [1.29, 1.82) is 0 Å². The molecule has 0 fully saturated rings. The normalized spacial score (nSPS) is 11.8. The van der Waals surface area contributed by atoms with Crippen LogP contribution in [0.25, 0.3) is 5.69 Å². The second-order valence-electron chi connectivity index (χ2n) is 5.43. The average Bonchev–Trinajstić information content (AvgIpc) is 3.08. The van der Waals surface area contributed by atoms with Crippen LogP contribution < -0.4 is 10.1 Å². The summed E-state index contributed by atoms with van der Waals surface area (Å²) in [7, 11) is 1.53. The lowest BCUT2D eigenvalue weighted by Crippen LogP contribution is -2.27. The highest BCUT2D eigenvalue weighted by atomic mass is 16.5. The van der Waals surface area contributed by atoms with Gasteiger partial charge in [-0.3, -0.25) is 4.79 Å². The van der Waals surface area contributed by atoms with Crippen molar-refractivity contribution < 1.29 is 9.53 Å². The van der Waals surface area contributed by atoms with Gasteiger partial charge in [-0.1, -0.05) is 48.5 Å². The van der Waals surface area contributed by atoms with E-state index in [2.05, 4.69) is 10.4 Å². The standard InChI is InChI=1S/C19H19N3O2/c1-14(15-9-5-3-6-10-15)20-19(23)18-17(24-2)13-22(21-18)16-11-7-4-8-12-16/h3-14H,1-2H3,(H,20,23)/t14-/m1/s1. The first kappa shape index (κ1) is 15.8. The van der Waals surface area contributed by atoms with Crippen molar-refractivity contribution in [2.24, 2.45) is 0 Å². The third-order valence-electron chi connectivity index (χ3n) is 3.78. The molecule has 1 amide bonds. The molecule has 1 aromatic heterocycles. The molecule has 1 heterocycles. The highest BCUT2D eigenvalue weighted by Crippen LogP contribution is 2.20. The number of hydrogen-bond acceptors (Lipinski definition) is 3. The van der Waals surface area contributed by atoms with Crippen molar-refractivity contribution in [1.82, 2.24) is 15.1 Å². The summed E-state index contributed by atoms with van der Waals surface area (Å²) in [6.07, 6.45) is 1.71. The number of benzene rings is 2. The lowest BCUT2D eigenvalue weighted by molar-refractivity contribution is 0.0931. The van der Waals surface area contributed by atoms with E-state index in [1.54, 1.807) is 10.9 Å². The summed E-state index contributed by atoms with van der Waals surface area (Å²) in [5.41, 5.74) is 2.17. The van der Waals surface area contributed by atoms with Gasteiger partial charge in [0.2, 0.25) is 0 Å². The Hall–Kier alpha value is -3.08. The number of hydrogen-bond donors (Lipinski definition) is 1. The Morgan fingerprint density at radius 1 is 1.08 bits per heavy atom. The molecule has 0 aliphatic heterocycles. The van der Waals surface area contributed by atoms with Crippen LogP contribution in [-0.4, -0.2) is 22.8 Å². The van der Waals surface area contributed by atoms with Gasteiger partial charge in [0.1, 0.15) is 0 Å². The second-order valence-corrected chi connectivity index (χ2v) is 5.43. The number of carbonyl (C=O) groups is 1. The average molecular weight is 321 g/mol. The maximum absolute atomic E-state index is 12.6. The maximum Gasteiger partial charge on any atom is 0.276 e. The number of aromatic nitrogens is 2. The van der Waals surface area contributed by atoms with Crippen molar-refractivity contribution in [3.8, 4) is 11.4 Å². The fourth-order valence-corrected chi connectivity index (χ4v) is 2.47. The molecule has 1 atom stereocenters. The molecule has 1 N–H and O–H groups in total. The predicted molar refractivity (Wildman–Crippen MR) is 92.4 cm³/mol. The van der Waals surface area contributed by atoms with Gasteiger partial charge in [0.15, 0.2) is 11.4 Å². The van der Waals surface area contributed by atoms with Crippen LogP contribution in [0, 0.1) is 0 Å². The van der Waals surface area contributed by atoms with Crippen molar-refractivity contribution in [2.75, 3.05) is 7.11 Å². The predicted octanol–water partition coefficient (Wildman–Crippen LogP) is 3.37. The third kappa shape index (κ3) is 3.30. The summed E-state index contributed by atoms with van der Waals surface area (Å²) in [6, 6.07) is 19.3. The van der Waals surface area contributed by atoms with Crippen molar-refractivity contribution in [3.05, 3.63) is 78.1 Å². The molecule has 0 unspecified atom stereocenters. The Morgan fingerprint density at radius 2 is 1.71 bits per heavy atom. The van der Waals surface area contributed by atoms with Gasteiger partial charge in [-0.25, -0.2) is 4.68 Å². The summed E-state index contributed by atoms with van der Waals surface area (Å²) in [4.78, 5) is 12.6. The van der Waals surface area contributed by atoms with Crippen molar-refractivity contribution in [3.63, 3.8) is 0 Å². The quantitative estimate of drug-likeness (QED) is 0.784. The van der Waals surface area contributed by atoms with Gasteiger partial charge >= 0.3 is 0 Å². The minimum absolute atomic E-state index is 0.120. The topological polar surface area (TPSA) is 56.2 Å². The number of rotatable bonds is 5. The Labute approximate surface area is 140 Å². The van der Waals surface area contributed by atoms with Crippen molar-refractivity contribution >= 4 is 5.91 Å². The van der Waals surface area contributed by atoms with Crippen LogP contribution in [0.1, 0.15) is 29.0 Å². The number of nitrogens with one attached hydrogen (secondary N) is 1. The number of carbonyl (C=O) groups excluding carboxylic acids is 1. The molecule has 0 aliphatic rings. The summed E-state index contributed by atoms with van der Waals surface area (Å²) in [5, 5.41) is 7.33. The smallest absolute Gasteiger partial charge is 0.276 e. The van der Waals surface area contributed by atoms with Gasteiger partial charge in [0.25, 0.3) is 5.91 Å². The molecule has 0 saturated carbocycles. The minimum Gasteiger partial charge on any atom is -0.493 e. The fourth-order valence-electron chi connectivity index (χ4n) is 2.47. The third-order valence-corrected chi connectivity index (χ3v) is 3.78. The lowest BCUT2D eigenvalue weighted by atomic mass is 10.1. The first-order valence-electron chi connectivity index (χ1n) is 7.74. The number of amides is 1. The summed E-state index contributed by atoms with van der Waals surface area (Å²) >= 11 is 0. The highest BCUT2D eigenvalue weighted by molar-refractivity contribution is 5.95. The summed E-state index contributed by atoms with van der Waals surface area (Å²) in [5.74, 6) is 0.175. The van der Waals surface area contributed by atoms with E-state index >= 15 is 0 Å². The number of para-hydroxylation sites is 1. The van der Waals surface area contributed by atoms with E-state index in [1.165, 1.54) is 7.11 Å². The molecule has 0 aliphatic carbocycles. The van der Waals surface area contributed by atoms with Crippen LogP contribution in [0.5, 0.6) is 5.75 Å². The van der Waals surface area contributed by atoms with E-state index in [1.807, 2.05) is 67.6 Å². The molecule has 122 valence electrons. The van der Waals surface area contributed by atoms with Crippen LogP contribution in [0.15, 0.2) is 66.9 Å². The molecule has 0 spiro atoms. The minimum atomic E-state index is -0.266. The molecule has 5 heteroatoms. The molecule has 0 radical (unpaired) electrons. The molecular weight excluding hydrogens is 302 g/mol. The maximum atomic E-state index is 12.6. The molecule has 2 aromatic carbocycles. The highest BCUT2D eigenvalue weighted by Gasteiger charge is 2.20.